The van der Waals surface area contributed by atoms with Crippen LogP contribution in [-0.4, -0.2) is 16.0 Å². The Hall–Kier alpha value is -2.30. The Morgan fingerprint density at radius 3 is 2.39 bits per heavy atom. The lowest BCUT2D eigenvalue weighted by molar-refractivity contribution is 0.936. The zero-order valence-corrected chi connectivity index (χ0v) is 9.95. The molecule has 2 aromatic rings. The van der Waals surface area contributed by atoms with Gasteiger partial charge in [0.15, 0.2) is 0 Å². The van der Waals surface area contributed by atoms with Gasteiger partial charge in [-0.15, -0.1) is 0 Å². The second-order valence-corrected chi connectivity index (χ2v) is 4.47. The van der Waals surface area contributed by atoms with Crippen molar-refractivity contribution in [3.63, 3.8) is 0 Å². The van der Waals surface area contributed by atoms with Crippen LogP contribution in [0.25, 0.3) is 0 Å². The van der Waals surface area contributed by atoms with Crippen LogP contribution in [0.1, 0.15) is 12.8 Å². The van der Waals surface area contributed by atoms with E-state index in [9.17, 15) is 0 Å². The topological polar surface area (TPSA) is 81.1 Å². The van der Waals surface area contributed by atoms with E-state index in [-0.39, 0.29) is 0 Å². The lowest BCUT2D eigenvalue weighted by atomic mass is 10.2. The predicted octanol–water partition coefficient (Wildman–Crippen LogP) is 1.94. The lowest BCUT2D eigenvalue weighted by Crippen LogP contribution is -2.21. The van der Waals surface area contributed by atoms with Crippen molar-refractivity contribution in [2.75, 3.05) is 16.4 Å². The fourth-order valence-electron chi connectivity index (χ4n) is 2.00. The number of hydrogen-bond donors (Lipinski definition) is 2. The van der Waals surface area contributed by atoms with Gasteiger partial charge in [-0.1, -0.05) is 0 Å². The van der Waals surface area contributed by atoms with Crippen LogP contribution in [0.15, 0.2) is 36.5 Å². The molecule has 18 heavy (non-hydrogen) atoms. The molecule has 0 radical (unpaired) electrons. The highest BCUT2D eigenvalue weighted by atomic mass is 15.3. The number of anilines is 4. The summed E-state index contributed by atoms with van der Waals surface area (Å²) in [6, 6.07) is 10.2. The summed E-state index contributed by atoms with van der Waals surface area (Å²) in [6.45, 7) is 0. The van der Waals surface area contributed by atoms with Crippen molar-refractivity contribution < 1.29 is 0 Å². The Bertz CT molecular complexity index is 548. The summed E-state index contributed by atoms with van der Waals surface area (Å²) >= 11 is 0. The number of nitrogen functional groups attached to an aromatic ring is 2. The second-order valence-electron chi connectivity index (χ2n) is 4.47. The van der Waals surface area contributed by atoms with Gasteiger partial charge in [0, 0.05) is 23.6 Å². The molecule has 0 aliphatic heterocycles. The van der Waals surface area contributed by atoms with E-state index in [2.05, 4.69) is 14.9 Å². The highest BCUT2D eigenvalue weighted by molar-refractivity contribution is 5.64. The molecule has 92 valence electrons. The van der Waals surface area contributed by atoms with Crippen LogP contribution in [0.3, 0.4) is 0 Å². The van der Waals surface area contributed by atoms with Gasteiger partial charge >= 0.3 is 0 Å². The molecule has 5 heteroatoms. The largest absolute Gasteiger partial charge is 0.399 e. The molecule has 1 aromatic heterocycles. The quantitative estimate of drug-likeness (QED) is 0.803. The Balaban J connectivity index is 2.00. The Morgan fingerprint density at radius 2 is 1.78 bits per heavy atom. The molecule has 0 unspecified atom stereocenters. The first-order valence-corrected chi connectivity index (χ1v) is 5.97. The molecule has 1 aliphatic rings. The average molecular weight is 241 g/mol. The molecule has 0 saturated heterocycles. The third kappa shape index (κ3) is 2.07. The number of nitrogens with zero attached hydrogens (tertiary/aromatic N) is 3. The first kappa shape index (κ1) is 10.8. The summed E-state index contributed by atoms with van der Waals surface area (Å²) in [5.41, 5.74) is 13.2. The highest BCUT2D eigenvalue weighted by Gasteiger charge is 2.31. The van der Waals surface area contributed by atoms with Crippen LogP contribution in [-0.2, 0) is 0 Å². The van der Waals surface area contributed by atoms with E-state index in [0.717, 1.165) is 17.2 Å². The first-order chi connectivity index (χ1) is 8.74. The smallest absolute Gasteiger partial charge is 0.221 e. The molecule has 1 saturated carbocycles. The summed E-state index contributed by atoms with van der Waals surface area (Å²) in [4.78, 5) is 10.4. The van der Waals surface area contributed by atoms with Crippen LogP contribution < -0.4 is 16.4 Å². The van der Waals surface area contributed by atoms with Gasteiger partial charge in [-0.05, 0) is 43.2 Å². The van der Waals surface area contributed by atoms with Gasteiger partial charge in [-0.25, -0.2) is 4.98 Å². The lowest BCUT2D eigenvalue weighted by Gasteiger charge is -2.23. The number of aromatic nitrogens is 2. The molecule has 1 fully saturated rings. The molecule has 0 amide bonds. The van der Waals surface area contributed by atoms with E-state index in [1.165, 1.54) is 12.8 Å². The fraction of sp³-hybridized carbons (Fsp3) is 0.231. The van der Waals surface area contributed by atoms with E-state index in [4.69, 9.17) is 11.5 Å². The molecule has 5 nitrogen and oxygen atoms in total. The van der Waals surface area contributed by atoms with Crippen molar-refractivity contribution in [2.24, 2.45) is 0 Å². The van der Waals surface area contributed by atoms with E-state index in [1.54, 1.807) is 6.20 Å². The van der Waals surface area contributed by atoms with Crippen LogP contribution >= 0.6 is 0 Å². The van der Waals surface area contributed by atoms with Gasteiger partial charge in [0.1, 0.15) is 5.82 Å². The first-order valence-electron chi connectivity index (χ1n) is 5.97. The maximum absolute atomic E-state index is 5.72. The van der Waals surface area contributed by atoms with Gasteiger partial charge in [-0.2, -0.15) is 4.98 Å². The average Bonchev–Trinajstić information content (AvgIpc) is 3.17. The highest BCUT2D eigenvalue weighted by Crippen LogP contribution is 2.37. The summed E-state index contributed by atoms with van der Waals surface area (Å²) in [7, 11) is 0. The summed E-state index contributed by atoms with van der Waals surface area (Å²) in [5.74, 6) is 1.14. The molecular formula is C13H15N5. The van der Waals surface area contributed by atoms with E-state index >= 15 is 0 Å². The standard InChI is InChI=1S/C13H15N5/c14-9-1-3-10(4-2-9)18(11-5-6-11)12-7-8-16-13(15)17-12/h1-4,7-8,11H,5-6,14H2,(H2,15,16,17). The Labute approximate surface area is 105 Å². The molecule has 1 heterocycles. The van der Waals surface area contributed by atoms with E-state index in [1.807, 2.05) is 30.3 Å². The molecule has 1 aromatic carbocycles. The van der Waals surface area contributed by atoms with E-state index < -0.39 is 0 Å². The van der Waals surface area contributed by atoms with Crippen LogP contribution in [0, 0.1) is 0 Å². The van der Waals surface area contributed by atoms with Gasteiger partial charge in [-0.3, -0.25) is 0 Å². The number of nitrogens with two attached hydrogens (primary N) is 2. The zero-order valence-electron chi connectivity index (χ0n) is 9.95. The monoisotopic (exact) mass is 241 g/mol. The van der Waals surface area contributed by atoms with Gasteiger partial charge in [0.2, 0.25) is 5.95 Å². The van der Waals surface area contributed by atoms with Crippen molar-refractivity contribution in [2.45, 2.75) is 18.9 Å². The third-order valence-electron chi connectivity index (χ3n) is 2.99. The zero-order chi connectivity index (χ0) is 12.5. The number of rotatable bonds is 3. The normalized spacial score (nSPS) is 14.4. The number of benzene rings is 1. The molecule has 0 bridgehead atoms. The summed E-state index contributed by atoms with van der Waals surface area (Å²) in [6.07, 6.45) is 4.03. The molecular weight excluding hydrogens is 226 g/mol. The second kappa shape index (κ2) is 4.18. The molecule has 0 spiro atoms. The minimum Gasteiger partial charge on any atom is -0.399 e. The van der Waals surface area contributed by atoms with Crippen LogP contribution in [0.2, 0.25) is 0 Å². The molecule has 3 rings (SSSR count). The SMILES string of the molecule is Nc1ccc(N(c2ccnc(N)n2)C2CC2)cc1. The minimum absolute atomic E-state index is 0.300. The third-order valence-corrected chi connectivity index (χ3v) is 2.99. The van der Waals surface area contributed by atoms with Crippen molar-refractivity contribution in [1.29, 1.82) is 0 Å². The predicted molar refractivity (Wildman–Crippen MR) is 72.5 cm³/mol. The molecule has 0 atom stereocenters. The number of hydrogen-bond acceptors (Lipinski definition) is 5. The van der Waals surface area contributed by atoms with Crippen molar-refractivity contribution in [1.82, 2.24) is 9.97 Å². The molecule has 1 aliphatic carbocycles. The van der Waals surface area contributed by atoms with Crippen LogP contribution in [0.4, 0.5) is 23.1 Å². The molecule has 4 N–H and O–H groups in total. The maximum Gasteiger partial charge on any atom is 0.221 e. The maximum atomic E-state index is 5.72. The fourth-order valence-corrected chi connectivity index (χ4v) is 2.00. The van der Waals surface area contributed by atoms with Crippen molar-refractivity contribution in [3.05, 3.63) is 36.5 Å². The van der Waals surface area contributed by atoms with Crippen LogP contribution in [0.5, 0.6) is 0 Å². The van der Waals surface area contributed by atoms with Crippen molar-refractivity contribution in [3.8, 4) is 0 Å². The Morgan fingerprint density at radius 1 is 1.06 bits per heavy atom. The summed E-state index contributed by atoms with van der Waals surface area (Å²) < 4.78 is 0. The minimum atomic E-state index is 0.300. The van der Waals surface area contributed by atoms with Gasteiger partial charge in [0.25, 0.3) is 0 Å². The Kier molecular flexibility index (Phi) is 2.51. The van der Waals surface area contributed by atoms with E-state index in [0.29, 0.717) is 12.0 Å². The van der Waals surface area contributed by atoms with Crippen molar-refractivity contribution >= 4 is 23.1 Å². The van der Waals surface area contributed by atoms with Gasteiger partial charge in [0.05, 0.1) is 0 Å². The van der Waals surface area contributed by atoms with Gasteiger partial charge < -0.3 is 16.4 Å². The summed E-state index contributed by atoms with van der Waals surface area (Å²) in [5, 5.41) is 0.